The summed E-state index contributed by atoms with van der Waals surface area (Å²) in [5.41, 5.74) is 0.843. The van der Waals surface area contributed by atoms with Crippen LogP contribution in [0.4, 0.5) is 0 Å². The zero-order valence-electron chi connectivity index (χ0n) is 5.19. The number of halogens is 6. The first kappa shape index (κ1) is 15.4. The average Bonchev–Trinajstić information content (AvgIpc) is 2.01. The average molecular weight is 295 g/mol. The second-order valence-corrected chi connectivity index (χ2v) is 3.50. The molecule has 0 heterocycles. The summed E-state index contributed by atoms with van der Waals surface area (Å²) in [6.07, 6.45) is 0. The molecule has 0 aromatic heterocycles. The molecule has 0 unspecified atom stereocenters. The van der Waals surface area contributed by atoms with Crippen LogP contribution in [0.2, 0.25) is 0 Å². The van der Waals surface area contributed by atoms with Crippen LogP contribution in [0.5, 0.6) is 0 Å². The molecule has 0 saturated carbocycles. The van der Waals surface area contributed by atoms with Crippen LogP contribution in [0.25, 0.3) is 0 Å². The van der Waals surface area contributed by atoms with Gasteiger partial charge >= 0.3 is 5.97 Å². The molecule has 72 valence electrons. The third-order valence-corrected chi connectivity index (χ3v) is 2.49. The van der Waals surface area contributed by atoms with Crippen molar-refractivity contribution in [2.75, 3.05) is 0 Å². The molecule has 8 heteroatoms. The van der Waals surface area contributed by atoms with E-state index in [9.17, 15) is 4.79 Å². The van der Waals surface area contributed by atoms with E-state index in [4.69, 9.17) is 58.3 Å². The highest BCUT2D eigenvalue weighted by Crippen LogP contribution is 2.34. The minimum atomic E-state index is -2.04. The van der Waals surface area contributed by atoms with Crippen molar-refractivity contribution in [2.45, 2.75) is 4.33 Å². The molecule has 0 aliphatic heterocycles. The Hall–Kier alpha value is 0.950. The maximum absolute atomic E-state index is 10.6. The van der Waals surface area contributed by atoms with Crippen molar-refractivity contribution in [1.82, 2.24) is 0 Å². The van der Waals surface area contributed by atoms with E-state index in [2.05, 4.69) is 4.29 Å². The van der Waals surface area contributed by atoms with Crippen LogP contribution in [0.15, 0.2) is 10.6 Å². The SMILES string of the molecule is Cl.O=C(OCl)C(Cl)(Cl)C(Cl)=CCl. The smallest absolute Gasteiger partial charge is 0.344 e. The fourth-order valence-electron chi connectivity index (χ4n) is 0.214. The Bertz CT molecular complexity index is 188. The van der Waals surface area contributed by atoms with Gasteiger partial charge in [-0.3, -0.25) is 0 Å². The summed E-state index contributed by atoms with van der Waals surface area (Å²) in [7, 11) is 0. The van der Waals surface area contributed by atoms with Gasteiger partial charge in [0.05, 0.1) is 5.03 Å². The van der Waals surface area contributed by atoms with Gasteiger partial charge in [-0.05, 0) is 0 Å². The Kier molecular flexibility index (Phi) is 8.24. The van der Waals surface area contributed by atoms with Crippen LogP contribution in [0.3, 0.4) is 0 Å². The van der Waals surface area contributed by atoms with Crippen LogP contribution in [0, 0.1) is 0 Å². The standard InChI is InChI=1S/C4HCl5O2.ClH/c5-1-2(6)4(7,8)3(10)11-9;/h1H;1H. The van der Waals surface area contributed by atoms with Crippen LogP contribution in [-0.4, -0.2) is 10.3 Å². The summed E-state index contributed by atoms with van der Waals surface area (Å²) in [6.45, 7) is 0. The van der Waals surface area contributed by atoms with Crippen molar-refractivity contribution in [2.24, 2.45) is 0 Å². The summed E-state index contributed by atoms with van der Waals surface area (Å²) in [5.74, 6) is -1.11. The lowest BCUT2D eigenvalue weighted by Crippen LogP contribution is -2.26. The summed E-state index contributed by atoms with van der Waals surface area (Å²) in [4.78, 5) is 10.6. The fraction of sp³-hybridized carbons (Fsp3) is 0.250. The van der Waals surface area contributed by atoms with Gasteiger partial charge in [-0.15, -0.1) is 12.4 Å². The Labute approximate surface area is 100 Å². The van der Waals surface area contributed by atoms with Crippen molar-refractivity contribution in [3.8, 4) is 0 Å². The van der Waals surface area contributed by atoms with Gasteiger partial charge in [-0.1, -0.05) is 46.4 Å². The van der Waals surface area contributed by atoms with E-state index in [0.29, 0.717) is 0 Å². The molecule has 0 radical (unpaired) electrons. The summed E-state index contributed by atoms with van der Waals surface area (Å²) >= 11 is 25.9. The van der Waals surface area contributed by atoms with Crippen LogP contribution in [-0.2, 0) is 9.08 Å². The van der Waals surface area contributed by atoms with Crippen molar-refractivity contribution >= 4 is 76.6 Å². The molecule has 0 saturated heterocycles. The molecule has 0 amide bonds. The van der Waals surface area contributed by atoms with E-state index in [1.807, 2.05) is 0 Å². The number of hydrogen-bond donors (Lipinski definition) is 0. The molecule has 0 aromatic carbocycles. The first-order chi connectivity index (χ1) is 4.96. The maximum Gasteiger partial charge on any atom is 0.366 e. The molecule has 12 heavy (non-hydrogen) atoms. The molecule has 0 aromatic rings. The predicted octanol–water partition coefficient (Wildman–Crippen LogP) is 3.60. The van der Waals surface area contributed by atoms with Crippen molar-refractivity contribution in [3.63, 3.8) is 0 Å². The number of carbonyl (C=O) groups is 1. The lowest BCUT2D eigenvalue weighted by Gasteiger charge is -2.12. The minimum Gasteiger partial charge on any atom is -0.344 e. The first-order valence-corrected chi connectivity index (χ1v) is 4.02. The summed E-state index contributed by atoms with van der Waals surface area (Å²) < 4.78 is 1.69. The molecule has 0 fully saturated rings. The third-order valence-electron chi connectivity index (χ3n) is 0.722. The van der Waals surface area contributed by atoms with E-state index < -0.39 is 10.3 Å². The van der Waals surface area contributed by atoms with Gasteiger partial charge in [0.15, 0.2) is 0 Å². The van der Waals surface area contributed by atoms with Crippen LogP contribution < -0.4 is 0 Å². The van der Waals surface area contributed by atoms with Gasteiger partial charge in [0, 0.05) is 5.54 Å². The van der Waals surface area contributed by atoms with Gasteiger partial charge in [-0.25, -0.2) is 4.79 Å². The zero-order valence-corrected chi connectivity index (χ0v) is 9.79. The maximum atomic E-state index is 10.6. The Morgan fingerprint density at radius 1 is 1.42 bits per heavy atom. The molecule has 0 rings (SSSR count). The number of alkyl halides is 2. The van der Waals surface area contributed by atoms with Crippen LogP contribution in [0.1, 0.15) is 0 Å². The molecule has 0 atom stereocenters. The number of hydrogen-bond acceptors (Lipinski definition) is 2. The molecule has 0 aliphatic rings. The summed E-state index contributed by atoms with van der Waals surface area (Å²) in [5, 5.41) is -0.284. The molecule has 0 spiro atoms. The quantitative estimate of drug-likeness (QED) is 0.728. The van der Waals surface area contributed by atoms with E-state index in [1.54, 1.807) is 0 Å². The van der Waals surface area contributed by atoms with E-state index in [0.717, 1.165) is 5.54 Å². The van der Waals surface area contributed by atoms with Gasteiger partial charge < -0.3 is 4.29 Å². The first-order valence-electron chi connectivity index (χ1n) is 2.14. The van der Waals surface area contributed by atoms with Crippen LogP contribution >= 0.6 is 70.7 Å². The largest absolute Gasteiger partial charge is 0.366 e. The Morgan fingerprint density at radius 2 is 1.83 bits per heavy atom. The molecule has 0 bridgehead atoms. The van der Waals surface area contributed by atoms with Gasteiger partial charge in [0.2, 0.25) is 0 Å². The van der Waals surface area contributed by atoms with Gasteiger partial charge in [0.25, 0.3) is 4.33 Å². The second kappa shape index (κ2) is 6.41. The second-order valence-electron chi connectivity index (χ2n) is 1.40. The Morgan fingerprint density at radius 3 is 2.08 bits per heavy atom. The molecule has 0 N–H and O–H groups in total. The topological polar surface area (TPSA) is 26.3 Å². The monoisotopic (exact) mass is 292 g/mol. The highest BCUT2D eigenvalue weighted by Gasteiger charge is 2.39. The molecular weight excluding hydrogens is 293 g/mol. The predicted molar refractivity (Wildman–Crippen MR) is 53.4 cm³/mol. The van der Waals surface area contributed by atoms with E-state index >= 15 is 0 Å². The Balaban J connectivity index is 0. The van der Waals surface area contributed by atoms with Gasteiger partial charge in [0.1, 0.15) is 11.9 Å². The third kappa shape index (κ3) is 3.77. The zero-order chi connectivity index (χ0) is 9.07. The highest BCUT2D eigenvalue weighted by atomic mass is 35.5. The lowest BCUT2D eigenvalue weighted by molar-refractivity contribution is -0.133. The molecule has 0 aliphatic carbocycles. The molecular formula is C4H2Cl6O2. The van der Waals surface area contributed by atoms with E-state index in [-0.39, 0.29) is 17.4 Å². The summed E-state index contributed by atoms with van der Waals surface area (Å²) in [6, 6.07) is 0. The van der Waals surface area contributed by atoms with Crippen molar-refractivity contribution in [3.05, 3.63) is 10.6 Å². The number of carbonyl (C=O) groups excluding carboxylic acids is 1. The molecule has 2 nitrogen and oxygen atoms in total. The van der Waals surface area contributed by atoms with Crippen molar-refractivity contribution in [1.29, 1.82) is 0 Å². The lowest BCUT2D eigenvalue weighted by atomic mass is 10.4. The van der Waals surface area contributed by atoms with Crippen molar-refractivity contribution < 1.29 is 9.08 Å². The normalized spacial score (nSPS) is 11.9. The number of rotatable bonds is 2. The highest BCUT2D eigenvalue weighted by molar-refractivity contribution is 6.65. The van der Waals surface area contributed by atoms with E-state index in [1.165, 1.54) is 0 Å². The van der Waals surface area contributed by atoms with Gasteiger partial charge in [-0.2, -0.15) is 0 Å². The minimum absolute atomic E-state index is 0. The fourth-order valence-corrected chi connectivity index (χ4v) is 0.948.